The summed E-state index contributed by atoms with van der Waals surface area (Å²) in [7, 11) is 1.65. The molecule has 0 radical (unpaired) electrons. The second-order valence-corrected chi connectivity index (χ2v) is 5.44. The van der Waals surface area contributed by atoms with E-state index in [2.05, 4.69) is 10.6 Å². The van der Waals surface area contributed by atoms with Crippen molar-refractivity contribution in [2.45, 2.75) is 25.3 Å². The Morgan fingerprint density at radius 1 is 1.48 bits per heavy atom. The normalized spacial score (nSPS) is 20.9. The first-order valence-electron chi connectivity index (χ1n) is 6.84. The highest BCUT2D eigenvalue weighted by Gasteiger charge is 2.33. The predicted molar refractivity (Wildman–Crippen MR) is 82.6 cm³/mol. The van der Waals surface area contributed by atoms with E-state index in [9.17, 15) is 9.18 Å². The van der Waals surface area contributed by atoms with Crippen molar-refractivity contribution in [3.05, 3.63) is 35.1 Å². The number of hydrogen-bond acceptors (Lipinski definition) is 3. The highest BCUT2D eigenvalue weighted by Crippen LogP contribution is 2.19. The molecule has 0 aliphatic carbocycles. The maximum absolute atomic E-state index is 13.3. The van der Waals surface area contributed by atoms with E-state index in [-0.39, 0.29) is 29.7 Å². The van der Waals surface area contributed by atoms with Gasteiger partial charge in [-0.1, -0.05) is 0 Å². The van der Waals surface area contributed by atoms with E-state index in [1.54, 1.807) is 20.1 Å². The number of halogens is 2. The number of ether oxygens (including phenoxy) is 1. The maximum atomic E-state index is 13.3. The van der Waals surface area contributed by atoms with Gasteiger partial charge in [-0.3, -0.25) is 4.79 Å². The molecule has 0 bridgehead atoms. The predicted octanol–water partition coefficient (Wildman–Crippen LogP) is 2.05. The number of hydrogen-bond donors (Lipinski definition) is 2. The van der Waals surface area contributed by atoms with Crippen molar-refractivity contribution in [2.75, 3.05) is 26.8 Å². The van der Waals surface area contributed by atoms with E-state index >= 15 is 0 Å². The highest BCUT2D eigenvalue weighted by atomic mass is 35.5. The number of benzene rings is 1. The first kappa shape index (κ1) is 17.9. The van der Waals surface area contributed by atoms with Crippen molar-refractivity contribution in [2.24, 2.45) is 0 Å². The summed E-state index contributed by atoms with van der Waals surface area (Å²) in [5.41, 5.74) is 0.890. The topological polar surface area (TPSA) is 50.4 Å². The Morgan fingerprint density at radius 2 is 2.24 bits per heavy atom. The average molecular weight is 317 g/mol. The summed E-state index contributed by atoms with van der Waals surface area (Å²) in [4.78, 5) is 12.1. The Bertz CT molecular complexity index is 470. The molecule has 6 heteroatoms. The van der Waals surface area contributed by atoms with Gasteiger partial charge in [0.15, 0.2) is 0 Å². The van der Waals surface area contributed by atoms with Gasteiger partial charge < -0.3 is 15.4 Å². The van der Waals surface area contributed by atoms with Crippen LogP contribution in [0.25, 0.3) is 0 Å². The standard InChI is InChI=1S/C15H21FN2O2.ClH/c1-11-6-12(8-13(16)7-11)14(19)17-9-15(10-20-2)4-3-5-18-15;/h6-8,18H,3-5,9-10H2,1-2H3,(H,17,19);1H. The van der Waals surface area contributed by atoms with Crippen molar-refractivity contribution < 1.29 is 13.9 Å². The Labute approximate surface area is 130 Å². The van der Waals surface area contributed by atoms with Gasteiger partial charge in [-0.15, -0.1) is 12.4 Å². The quantitative estimate of drug-likeness (QED) is 0.874. The molecule has 2 rings (SSSR count). The van der Waals surface area contributed by atoms with Crippen molar-refractivity contribution in [1.82, 2.24) is 10.6 Å². The van der Waals surface area contributed by atoms with Gasteiger partial charge in [-0.2, -0.15) is 0 Å². The molecule has 1 aromatic carbocycles. The molecule has 21 heavy (non-hydrogen) atoms. The summed E-state index contributed by atoms with van der Waals surface area (Å²) in [5.74, 6) is -0.641. The number of aryl methyl sites for hydroxylation is 1. The third-order valence-corrected chi connectivity index (χ3v) is 3.64. The van der Waals surface area contributed by atoms with Crippen molar-refractivity contribution in [3.63, 3.8) is 0 Å². The molecule has 0 aromatic heterocycles. The van der Waals surface area contributed by atoms with E-state index in [0.29, 0.717) is 18.7 Å². The van der Waals surface area contributed by atoms with E-state index in [4.69, 9.17) is 4.74 Å². The summed E-state index contributed by atoms with van der Waals surface area (Å²) < 4.78 is 18.5. The molecule has 1 aliphatic rings. The van der Waals surface area contributed by atoms with E-state index in [1.807, 2.05) is 0 Å². The van der Waals surface area contributed by atoms with Crippen LogP contribution in [0.3, 0.4) is 0 Å². The summed E-state index contributed by atoms with van der Waals surface area (Å²) in [5, 5.41) is 6.26. The molecule has 1 fully saturated rings. The van der Waals surface area contributed by atoms with Gasteiger partial charge in [0.25, 0.3) is 5.91 Å². The molecule has 1 atom stereocenters. The zero-order valence-corrected chi connectivity index (χ0v) is 13.2. The zero-order chi connectivity index (χ0) is 14.6. The lowest BCUT2D eigenvalue weighted by molar-refractivity contribution is 0.0891. The first-order valence-corrected chi connectivity index (χ1v) is 6.84. The third kappa shape index (κ3) is 4.66. The van der Waals surface area contributed by atoms with Crippen LogP contribution in [0.4, 0.5) is 4.39 Å². The van der Waals surface area contributed by atoms with Crippen molar-refractivity contribution in [3.8, 4) is 0 Å². The largest absolute Gasteiger partial charge is 0.383 e. The van der Waals surface area contributed by atoms with Gasteiger partial charge in [-0.05, 0) is 50.1 Å². The molecule has 118 valence electrons. The minimum absolute atomic E-state index is 0. The summed E-state index contributed by atoms with van der Waals surface area (Å²) in [6, 6.07) is 4.35. The minimum Gasteiger partial charge on any atom is -0.383 e. The van der Waals surface area contributed by atoms with E-state index in [0.717, 1.165) is 24.9 Å². The van der Waals surface area contributed by atoms with Crippen LogP contribution in [-0.4, -0.2) is 38.3 Å². The second-order valence-electron chi connectivity index (χ2n) is 5.44. The zero-order valence-electron chi connectivity index (χ0n) is 12.4. The number of rotatable bonds is 5. The Hall–Kier alpha value is -1.17. The number of methoxy groups -OCH3 is 1. The monoisotopic (exact) mass is 316 g/mol. The first-order chi connectivity index (χ1) is 9.54. The molecule has 1 aromatic rings. The Kier molecular flexibility index (Phi) is 6.58. The minimum atomic E-state index is -0.388. The second kappa shape index (κ2) is 7.73. The Morgan fingerprint density at radius 3 is 2.81 bits per heavy atom. The fourth-order valence-electron chi connectivity index (χ4n) is 2.69. The van der Waals surface area contributed by atoms with Gasteiger partial charge in [0, 0.05) is 19.2 Å². The summed E-state index contributed by atoms with van der Waals surface area (Å²) >= 11 is 0. The van der Waals surface area contributed by atoms with Crippen molar-refractivity contribution in [1.29, 1.82) is 0 Å². The highest BCUT2D eigenvalue weighted by molar-refractivity contribution is 5.94. The lowest BCUT2D eigenvalue weighted by atomic mass is 9.98. The Balaban J connectivity index is 0.00000220. The summed E-state index contributed by atoms with van der Waals surface area (Å²) in [6.45, 7) is 3.73. The number of amides is 1. The van der Waals surface area contributed by atoms with Crippen LogP contribution in [0, 0.1) is 12.7 Å². The van der Waals surface area contributed by atoms with E-state index < -0.39 is 0 Å². The number of carbonyl (C=O) groups is 1. The van der Waals surface area contributed by atoms with Crippen LogP contribution >= 0.6 is 12.4 Å². The molecule has 1 saturated heterocycles. The fourth-order valence-corrected chi connectivity index (χ4v) is 2.69. The maximum Gasteiger partial charge on any atom is 0.251 e. The molecule has 1 heterocycles. The molecular weight excluding hydrogens is 295 g/mol. The lowest BCUT2D eigenvalue weighted by Crippen LogP contribution is -2.53. The molecule has 2 N–H and O–H groups in total. The molecule has 4 nitrogen and oxygen atoms in total. The average Bonchev–Trinajstić information content (AvgIpc) is 2.84. The molecule has 1 amide bonds. The van der Waals surface area contributed by atoms with Crippen LogP contribution in [-0.2, 0) is 4.74 Å². The molecule has 1 unspecified atom stereocenters. The number of carbonyl (C=O) groups excluding carboxylic acids is 1. The van der Waals surface area contributed by atoms with Crippen LogP contribution in [0.2, 0.25) is 0 Å². The fraction of sp³-hybridized carbons (Fsp3) is 0.533. The third-order valence-electron chi connectivity index (χ3n) is 3.64. The van der Waals surface area contributed by atoms with Crippen LogP contribution < -0.4 is 10.6 Å². The van der Waals surface area contributed by atoms with Crippen LogP contribution in [0.5, 0.6) is 0 Å². The van der Waals surface area contributed by atoms with Crippen LogP contribution in [0.15, 0.2) is 18.2 Å². The smallest absolute Gasteiger partial charge is 0.251 e. The van der Waals surface area contributed by atoms with Gasteiger partial charge >= 0.3 is 0 Å². The molecule has 0 spiro atoms. The van der Waals surface area contributed by atoms with Gasteiger partial charge in [0.2, 0.25) is 0 Å². The SMILES string of the molecule is COCC1(CNC(=O)c2cc(C)cc(F)c2)CCCN1.Cl. The molecule has 0 saturated carbocycles. The van der Waals surface area contributed by atoms with Gasteiger partial charge in [0.05, 0.1) is 12.1 Å². The molecular formula is C15H22ClFN2O2. The van der Waals surface area contributed by atoms with Crippen LogP contribution in [0.1, 0.15) is 28.8 Å². The number of nitrogens with one attached hydrogen (secondary N) is 2. The van der Waals surface area contributed by atoms with Gasteiger partial charge in [-0.25, -0.2) is 4.39 Å². The summed E-state index contributed by atoms with van der Waals surface area (Å²) in [6.07, 6.45) is 2.03. The lowest BCUT2D eigenvalue weighted by Gasteiger charge is -2.29. The van der Waals surface area contributed by atoms with Crippen molar-refractivity contribution >= 4 is 18.3 Å². The van der Waals surface area contributed by atoms with Gasteiger partial charge in [0.1, 0.15) is 5.82 Å². The molecule has 1 aliphatic heterocycles. The van der Waals surface area contributed by atoms with E-state index in [1.165, 1.54) is 12.1 Å².